The SMILES string of the molecule is CCC(C)(O)CNC(C)c1ccc2c(c1)NC(=O)CO2. The van der Waals surface area contributed by atoms with E-state index in [-0.39, 0.29) is 18.6 Å². The van der Waals surface area contributed by atoms with E-state index in [0.717, 1.165) is 5.56 Å². The van der Waals surface area contributed by atoms with Crippen molar-refractivity contribution in [1.29, 1.82) is 0 Å². The number of carbonyl (C=O) groups is 1. The average Bonchev–Trinajstić information content (AvgIpc) is 2.44. The van der Waals surface area contributed by atoms with Gasteiger partial charge in [0.2, 0.25) is 0 Å². The Kier molecular flexibility index (Phi) is 4.30. The van der Waals surface area contributed by atoms with Crippen molar-refractivity contribution in [3.05, 3.63) is 23.8 Å². The van der Waals surface area contributed by atoms with Crippen LogP contribution in [0, 0.1) is 0 Å². The van der Waals surface area contributed by atoms with Crippen LogP contribution >= 0.6 is 0 Å². The minimum Gasteiger partial charge on any atom is -0.482 e. The Morgan fingerprint density at radius 3 is 3.00 bits per heavy atom. The van der Waals surface area contributed by atoms with Crippen molar-refractivity contribution >= 4 is 11.6 Å². The number of amides is 1. The number of hydrogen-bond donors (Lipinski definition) is 3. The fraction of sp³-hybridized carbons (Fsp3) is 0.533. The molecule has 0 aromatic heterocycles. The van der Waals surface area contributed by atoms with Gasteiger partial charge in [0.1, 0.15) is 5.75 Å². The van der Waals surface area contributed by atoms with E-state index in [4.69, 9.17) is 4.74 Å². The molecule has 1 heterocycles. The molecule has 0 saturated heterocycles. The lowest BCUT2D eigenvalue weighted by atomic mass is 10.0. The van der Waals surface area contributed by atoms with Gasteiger partial charge in [0, 0.05) is 12.6 Å². The van der Waals surface area contributed by atoms with Gasteiger partial charge in [-0.3, -0.25) is 4.79 Å². The molecule has 1 aliphatic heterocycles. The molecule has 1 aromatic carbocycles. The Morgan fingerprint density at radius 1 is 1.55 bits per heavy atom. The maximum absolute atomic E-state index is 11.3. The van der Waals surface area contributed by atoms with Gasteiger partial charge in [-0.05, 0) is 38.0 Å². The molecule has 5 heteroatoms. The van der Waals surface area contributed by atoms with E-state index < -0.39 is 5.60 Å². The smallest absolute Gasteiger partial charge is 0.262 e. The largest absolute Gasteiger partial charge is 0.482 e. The van der Waals surface area contributed by atoms with Crippen LogP contribution in [0.5, 0.6) is 5.75 Å². The van der Waals surface area contributed by atoms with E-state index in [1.807, 2.05) is 39.0 Å². The predicted molar refractivity (Wildman–Crippen MR) is 77.9 cm³/mol. The first-order valence-corrected chi connectivity index (χ1v) is 6.93. The quantitative estimate of drug-likeness (QED) is 0.768. The number of aliphatic hydroxyl groups is 1. The van der Waals surface area contributed by atoms with Crippen LogP contribution in [0.1, 0.15) is 38.8 Å². The Hall–Kier alpha value is -1.59. The zero-order chi connectivity index (χ0) is 14.8. The zero-order valence-corrected chi connectivity index (χ0v) is 12.2. The summed E-state index contributed by atoms with van der Waals surface area (Å²) in [6.07, 6.45) is 0.695. The molecule has 0 bridgehead atoms. The first-order valence-electron chi connectivity index (χ1n) is 6.93. The topological polar surface area (TPSA) is 70.6 Å². The van der Waals surface area contributed by atoms with Crippen LogP contribution in [-0.4, -0.2) is 29.8 Å². The van der Waals surface area contributed by atoms with Gasteiger partial charge in [0.05, 0.1) is 11.3 Å². The number of carbonyl (C=O) groups excluding carboxylic acids is 1. The number of fused-ring (bicyclic) bond motifs is 1. The molecule has 20 heavy (non-hydrogen) atoms. The summed E-state index contributed by atoms with van der Waals surface area (Å²) in [4.78, 5) is 11.3. The van der Waals surface area contributed by atoms with Crippen LogP contribution in [0.15, 0.2) is 18.2 Å². The highest BCUT2D eigenvalue weighted by Crippen LogP contribution is 2.30. The molecule has 0 saturated carbocycles. The Morgan fingerprint density at radius 2 is 2.30 bits per heavy atom. The van der Waals surface area contributed by atoms with Crippen molar-refractivity contribution in [2.24, 2.45) is 0 Å². The van der Waals surface area contributed by atoms with Crippen molar-refractivity contribution in [2.75, 3.05) is 18.5 Å². The number of benzene rings is 1. The normalized spacial score (nSPS) is 18.5. The summed E-state index contributed by atoms with van der Waals surface area (Å²) in [5, 5.41) is 16.1. The molecule has 2 unspecified atom stereocenters. The molecule has 0 radical (unpaired) electrons. The molecule has 1 amide bonds. The second-order valence-corrected chi connectivity index (χ2v) is 5.55. The molecule has 1 aliphatic rings. The molecule has 2 atom stereocenters. The Bertz CT molecular complexity index is 500. The van der Waals surface area contributed by atoms with Crippen molar-refractivity contribution in [3.63, 3.8) is 0 Å². The van der Waals surface area contributed by atoms with E-state index in [1.54, 1.807) is 0 Å². The fourth-order valence-corrected chi connectivity index (χ4v) is 1.99. The molecular weight excluding hydrogens is 256 g/mol. The van der Waals surface area contributed by atoms with Gasteiger partial charge in [-0.2, -0.15) is 0 Å². The predicted octanol–water partition coefficient (Wildman–Crippen LogP) is 1.83. The van der Waals surface area contributed by atoms with Gasteiger partial charge in [0.25, 0.3) is 5.91 Å². The van der Waals surface area contributed by atoms with Crippen LogP contribution in [0.25, 0.3) is 0 Å². The van der Waals surface area contributed by atoms with Crippen LogP contribution < -0.4 is 15.4 Å². The highest BCUT2D eigenvalue weighted by molar-refractivity contribution is 5.95. The molecule has 3 N–H and O–H groups in total. The molecule has 0 fully saturated rings. The maximum atomic E-state index is 11.3. The van der Waals surface area contributed by atoms with Gasteiger partial charge >= 0.3 is 0 Å². The lowest BCUT2D eigenvalue weighted by molar-refractivity contribution is -0.118. The molecule has 0 spiro atoms. The fourth-order valence-electron chi connectivity index (χ4n) is 1.99. The van der Waals surface area contributed by atoms with E-state index in [9.17, 15) is 9.90 Å². The van der Waals surface area contributed by atoms with E-state index in [2.05, 4.69) is 10.6 Å². The third-order valence-corrected chi connectivity index (χ3v) is 3.69. The van der Waals surface area contributed by atoms with Crippen LogP contribution in [0.4, 0.5) is 5.69 Å². The highest BCUT2D eigenvalue weighted by atomic mass is 16.5. The molecule has 0 aliphatic carbocycles. The second kappa shape index (κ2) is 5.81. The molecule has 2 rings (SSSR count). The van der Waals surface area contributed by atoms with Gasteiger partial charge < -0.3 is 20.5 Å². The van der Waals surface area contributed by atoms with Crippen molar-refractivity contribution in [1.82, 2.24) is 5.32 Å². The Balaban J connectivity index is 2.05. The molecule has 1 aromatic rings. The number of rotatable bonds is 5. The first kappa shape index (κ1) is 14.8. The summed E-state index contributed by atoms with van der Waals surface area (Å²) in [5.41, 5.74) is 1.04. The number of nitrogens with one attached hydrogen (secondary N) is 2. The number of anilines is 1. The molecule has 110 valence electrons. The second-order valence-electron chi connectivity index (χ2n) is 5.55. The van der Waals surface area contributed by atoms with Crippen molar-refractivity contribution in [3.8, 4) is 5.75 Å². The minimum absolute atomic E-state index is 0.0690. The summed E-state index contributed by atoms with van der Waals surface area (Å²) < 4.78 is 5.33. The van der Waals surface area contributed by atoms with Gasteiger partial charge in [-0.1, -0.05) is 13.0 Å². The summed E-state index contributed by atoms with van der Waals surface area (Å²) in [6, 6.07) is 5.82. The first-order chi connectivity index (χ1) is 9.41. The number of hydrogen-bond acceptors (Lipinski definition) is 4. The molecular formula is C15H22N2O3. The van der Waals surface area contributed by atoms with E-state index >= 15 is 0 Å². The lowest BCUT2D eigenvalue weighted by Crippen LogP contribution is -2.38. The van der Waals surface area contributed by atoms with Gasteiger partial charge in [-0.15, -0.1) is 0 Å². The zero-order valence-electron chi connectivity index (χ0n) is 12.2. The lowest BCUT2D eigenvalue weighted by Gasteiger charge is -2.25. The third-order valence-electron chi connectivity index (χ3n) is 3.69. The van der Waals surface area contributed by atoms with Crippen LogP contribution in [0.3, 0.4) is 0 Å². The average molecular weight is 278 g/mol. The van der Waals surface area contributed by atoms with Crippen LogP contribution in [0.2, 0.25) is 0 Å². The van der Waals surface area contributed by atoms with Crippen molar-refractivity contribution in [2.45, 2.75) is 38.8 Å². The minimum atomic E-state index is -0.709. The summed E-state index contributed by atoms with van der Waals surface area (Å²) >= 11 is 0. The van der Waals surface area contributed by atoms with Crippen LogP contribution in [-0.2, 0) is 4.79 Å². The summed E-state index contributed by atoms with van der Waals surface area (Å²) in [7, 11) is 0. The Labute approximate surface area is 119 Å². The van der Waals surface area contributed by atoms with E-state index in [0.29, 0.717) is 24.4 Å². The monoisotopic (exact) mass is 278 g/mol. The molecule has 5 nitrogen and oxygen atoms in total. The van der Waals surface area contributed by atoms with Crippen molar-refractivity contribution < 1.29 is 14.6 Å². The van der Waals surface area contributed by atoms with E-state index in [1.165, 1.54) is 0 Å². The summed E-state index contributed by atoms with van der Waals surface area (Å²) in [6.45, 7) is 6.38. The number of ether oxygens (including phenoxy) is 1. The van der Waals surface area contributed by atoms with Gasteiger partial charge in [-0.25, -0.2) is 0 Å². The standard InChI is InChI=1S/C15H22N2O3/c1-4-15(3,19)9-16-10(2)11-5-6-13-12(7-11)17-14(18)8-20-13/h5-7,10,16,19H,4,8-9H2,1-3H3,(H,17,18). The third kappa shape index (κ3) is 3.49. The maximum Gasteiger partial charge on any atom is 0.262 e. The van der Waals surface area contributed by atoms with Gasteiger partial charge in [0.15, 0.2) is 6.61 Å². The highest BCUT2D eigenvalue weighted by Gasteiger charge is 2.20. The summed E-state index contributed by atoms with van der Waals surface area (Å²) in [5.74, 6) is 0.560.